The van der Waals surface area contributed by atoms with E-state index < -0.39 is 0 Å². The van der Waals surface area contributed by atoms with Crippen LogP contribution in [0.4, 0.5) is 0 Å². The zero-order valence-electron chi connectivity index (χ0n) is 21.3. The van der Waals surface area contributed by atoms with Crippen LogP contribution in [0.25, 0.3) is 0 Å². The van der Waals surface area contributed by atoms with E-state index >= 15 is 0 Å². The first-order chi connectivity index (χ1) is 15.4. The predicted molar refractivity (Wildman–Crippen MR) is 145 cm³/mol. The van der Waals surface area contributed by atoms with E-state index in [0.717, 1.165) is 6.42 Å². The van der Waals surface area contributed by atoms with Gasteiger partial charge in [0.1, 0.15) is 0 Å². The second-order valence-corrected chi connectivity index (χ2v) is 9.27. The van der Waals surface area contributed by atoms with Gasteiger partial charge in [0.05, 0.1) is 0 Å². The SMILES string of the molecule is C=CCC=CC=CC=CCCCCCCCCCCCCCCCCCCCCCC. The molecule has 0 aliphatic carbocycles. The van der Waals surface area contributed by atoms with Crippen molar-refractivity contribution in [1.29, 1.82) is 0 Å². The summed E-state index contributed by atoms with van der Waals surface area (Å²) < 4.78 is 0. The average molecular weight is 429 g/mol. The van der Waals surface area contributed by atoms with Crippen LogP contribution in [0.3, 0.4) is 0 Å². The number of hydrogen-bond donors (Lipinski definition) is 0. The van der Waals surface area contributed by atoms with Crippen molar-refractivity contribution in [3.63, 3.8) is 0 Å². The van der Waals surface area contributed by atoms with Crippen LogP contribution < -0.4 is 0 Å². The molecule has 31 heavy (non-hydrogen) atoms. The second-order valence-electron chi connectivity index (χ2n) is 9.27. The Bertz CT molecular complexity index is 412. The lowest BCUT2D eigenvalue weighted by Crippen LogP contribution is -1.84. The van der Waals surface area contributed by atoms with Gasteiger partial charge in [-0.3, -0.25) is 0 Å². The van der Waals surface area contributed by atoms with Gasteiger partial charge >= 0.3 is 0 Å². The van der Waals surface area contributed by atoms with E-state index in [2.05, 4.69) is 50.0 Å². The summed E-state index contributed by atoms with van der Waals surface area (Å²) in [4.78, 5) is 0. The maximum atomic E-state index is 3.70. The fourth-order valence-electron chi connectivity index (χ4n) is 4.07. The summed E-state index contributed by atoms with van der Waals surface area (Å²) in [6.07, 6.45) is 46.0. The summed E-state index contributed by atoms with van der Waals surface area (Å²) in [6, 6.07) is 0. The van der Waals surface area contributed by atoms with Gasteiger partial charge in [0, 0.05) is 0 Å². The molecule has 0 bridgehead atoms. The molecule has 0 unspecified atom stereocenters. The van der Waals surface area contributed by atoms with Gasteiger partial charge in [0.15, 0.2) is 0 Å². The van der Waals surface area contributed by atoms with Gasteiger partial charge in [-0.2, -0.15) is 0 Å². The summed E-state index contributed by atoms with van der Waals surface area (Å²) in [7, 11) is 0. The van der Waals surface area contributed by atoms with E-state index in [4.69, 9.17) is 0 Å². The zero-order valence-corrected chi connectivity index (χ0v) is 21.3. The summed E-state index contributed by atoms with van der Waals surface area (Å²) in [5.41, 5.74) is 0. The van der Waals surface area contributed by atoms with Crippen LogP contribution in [-0.2, 0) is 0 Å². The van der Waals surface area contributed by atoms with Crippen molar-refractivity contribution in [2.24, 2.45) is 0 Å². The summed E-state index contributed by atoms with van der Waals surface area (Å²) in [6.45, 7) is 6.00. The second kappa shape index (κ2) is 29.0. The Morgan fingerprint density at radius 1 is 0.419 bits per heavy atom. The predicted octanol–water partition coefficient (Wildman–Crippen LogP) is 11.4. The molecule has 0 radical (unpaired) electrons. The molecule has 0 N–H and O–H groups in total. The first-order valence-electron chi connectivity index (χ1n) is 14.0. The molecule has 0 aromatic carbocycles. The Morgan fingerprint density at radius 3 is 1.16 bits per heavy atom. The molecule has 0 aliphatic heterocycles. The van der Waals surface area contributed by atoms with E-state index in [1.807, 2.05) is 6.08 Å². The Balaban J connectivity index is 3.11. The minimum Gasteiger partial charge on any atom is -0.103 e. The third-order valence-electron chi connectivity index (χ3n) is 6.13. The largest absolute Gasteiger partial charge is 0.103 e. The molecule has 0 nitrogen and oxygen atoms in total. The molecule has 0 saturated carbocycles. The number of hydrogen-bond acceptors (Lipinski definition) is 0. The average Bonchev–Trinajstić information content (AvgIpc) is 2.78. The van der Waals surface area contributed by atoms with Crippen LogP contribution in [0.15, 0.2) is 49.1 Å². The molecule has 0 spiro atoms. The third kappa shape index (κ3) is 29.0. The molecule has 0 rings (SSSR count). The van der Waals surface area contributed by atoms with Crippen LogP contribution in [0.1, 0.15) is 148 Å². The molecule has 0 aliphatic rings. The maximum Gasteiger partial charge on any atom is -0.0169 e. The molecule has 0 heterocycles. The van der Waals surface area contributed by atoms with Gasteiger partial charge in [-0.15, -0.1) is 6.58 Å². The van der Waals surface area contributed by atoms with E-state index in [-0.39, 0.29) is 0 Å². The lowest BCUT2D eigenvalue weighted by Gasteiger charge is -2.04. The Morgan fingerprint density at radius 2 is 0.774 bits per heavy atom. The van der Waals surface area contributed by atoms with Crippen LogP contribution in [-0.4, -0.2) is 0 Å². The standard InChI is InChI=1S/C31H56/c1-3-5-7-9-11-13-15-17-19-21-23-25-27-29-31-30-28-26-24-22-20-18-16-14-12-10-8-6-4-2/h3,7,9,11,13,15,17H,1,4-6,8,10,12,14,16,18-31H2,2H3. The molecule has 180 valence electrons. The van der Waals surface area contributed by atoms with Gasteiger partial charge in [0.2, 0.25) is 0 Å². The van der Waals surface area contributed by atoms with Crippen LogP contribution in [0, 0.1) is 0 Å². The van der Waals surface area contributed by atoms with Gasteiger partial charge < -0.3 is 0 Å². The van der Waals surface area contributed by atoms with Crippen molar-refractivity contribution in [3.8, 4) is 0 Å². The quantitative estimate of drug-likeness (QED) is 0.0770. The van der Waals surface area contributed by atoms with E-state index in [1.165, 1.54) is 135 Å². The van der Waals surface area contributed by atoms with Gasteiger partial charge in [-0.1, -0.05) is 171 Å². The number of allylic oxidation sites excluding steroid dienone is 7. The van der Waals surface area contributed by atoms with Gasteiger partial charge in [0.25, 0.3) is 0 Å². The van der Waals surface area contributed by atoms with Crippen LogP contribution in [0.5, 0.6) is 0 Å². The summed E-state index contributed by atoms with van der Waals surface area (Å²) in [5.74, 6) is 0. The molecule has 0 atom stereocenters. The summed E-state index contributed by atoms with van der Waals surface area (Å²) >= 11 is 0. The molecule has 0 amide bonds. The topological polar surface area (TPSA) is 0 Å². The minimum absolute atomic E-state index is 0.952. The maximum absolute atomic E-state index is 3.70. The molecular weight excluding hydrogens is 372 g/mol. The molecule has 0 aromatic heterocycles. The van der Waals surface area contributed by atoms with Crippen molar-refractivity contribution in [2.45, 2.75) is 148 Å². The third-order valence-corrected chi connectivity index (χ3v) is 6.13. The number of rotatable bonds is 25. The molecule has 0 saturated heterocycles. The zero-order chi connectivity index (χ0) is 22.5. The monoisotopic (exact) mass is 428 g/mol. The highest BCUT2D eigenvalue weighted by atomic mass is 14.0. The van der Waals surface area contributed by atoms with Crippen LogP contribution in [0.2, 0.25) is 0 Å². The lowest BCUT2D eigenvalue weighted by molar-refractivity contribution is 0.522. The first kappa shape index (κ1) is 30.0. The van der Waals surface area contributed by atoms with E-state index in [0.29, 0.717) is 0 Å². The van der Waals surface area contributed by atoms with Crippen molar-refractivity contribution < 1.29 is 0 Å². The summed E-state index contributed by atoms with van der Waals surface area (Å²) in [5, 5.41) is 0. The molecule has 0 heteroatoms. The van der Waals surface area contributed by atoms with E-state index in [1.54, 1.807) is 0 Å². The highest BCUT2D eigenvalue weighted by molar-refractivity contribution is 5.11. The highest BCUT2D eigenvalue weighted by Gasteiger charge is 1.95. The van der Waals surface area contributed by atoms with Crippen molar-refractivity contribution >= 4 is 0 Å². The fourth-order valence-corrected chi connectivity index (χ4v) is 4.07. The Hall–Kier alpha value is -1.04. The van der Waals surface area contributed by atoms with Gasteiger partial charge in [-0.05, 0) is 19.3 Å². The van der Waals surface area contributed by atoms with E-state index in [9.17, 15) is 0 Å². The van der Waals surface area contributed by atoms with Crippen molar-refractivity contribution in [2.75, 3.05) is 0 Å². The van der Waals surface area contributed by atoms with Crippen LogP contribution >= 0.6 is 0 Å². The normalized spacial score (nSPS) is 12.0. The molecular formula is C31H56. The molecule has 0 aromatic rings. The number of unbranched alkanes of at least 4 members (excludes halogenated alkanes) is 20. The molecule has 0 fully saturated rings. The fraction of sp³-hybridized carbons (Fsp3) is 0.742. The Labute approximate surface area is 197 Å². The highest BCUT2D eigenvalue weighted by Crippen LogP contribution is 2.15. The van der Waals surface area contributed by atoms with Crippen molar-refractivity contribution in [3.05, 3.63) is 49.1 Å². The van der Waals surface area contributed by atoms with Crippen molar-refractivity contribution in [1.82, 2.24) is 0 Å². The first-order valence-corrected chi connectivity index (χ1v) is 14.0. The minimum atomic E-state index is 0.952. The smallest absolute Gasteiger partial charge is 0.0169 e. The van der Waals surface area contributed by atoms with Gasteiger partial charge in [-0.25, -0.2) is 0 Å². The lowest BCUT2D eigenvalue weighted by atomic mass is 10.0. The Kier molecular flexibility index (Phi) is 28.0.